The molecule has 0 saturated heterocycles. The first-order chi connectivity index (χ1) is 7.57. The van der Waals surface area contributed by atoms with Gasteiger partial charge in [0.1, 0.15) is 0 Å². The minimum absolute atomic E-state index is 0.398. The lowest BCUT2D eigenvalue weighted by molar-refractivity contribution is 0.243. The average Bonchev–Trinajstić information content (AvgIpc) is 1.92. The third-order valence-corrected chi connectivity index (χ3v) is 7.28. The molecule has 3 unspecified atom stereocenters. The third-order valence-electron chi connectivity index (χ3n) is 0.963. The van der Waals surface area contributed by atoms with E-state index in [1.807, 2.05) is 0 Å². The number of carbonyl (C=O) groups is 1. The second-order valence-corrected chi connectivity index (χ2v) is 9.92. The molecule has 0 heterocycles. The lowest BCUT2D eigenvalue weighted by atomic mass is 11.8. The molecule has 108 valence electrons. The summed E-state index contributed by atoms with van der Waals surface area (Å²) in [5.41, 5.74) is 0. The van der Waals surface area contributed by atoms with Crippen molar-refractivity contribution in [3.63, 3.8) is 0 Å². The maximum absolute atomic E-state index is 11.0. The number of hydrogen-bond acceptors (Lipinski definition) is 7. The number of phosphoric acid groups is 1. The van der Waals surface area contributed by atoms with E-state index in [1.165, 1.54) is 0 Å². The van der Waals surface area contributed by atoms with Crippen LogP contribution in [0.3, 0.4) is 0 Å². The Morgan fingerprint density at radius 1 is 0.833 bits per heavy atom. The molecule has 0 aromatic rings. The van der Waals surface area contributed by atoms with Gasteiger partial charge >= 0.3 is 35.9 Å². The van der Waals surface area contributed by atoms with Crippen LogP contribution in [0.2, 0.25) is 0 Å². The molecule has 0 saturated carbocycles. The summed E-state index contributed by atoms with van der Waals surface area (Å²) in [6.07, 6.45) is 0. The Labute approximate surface area is 99.4 Å². The molecule has 0 amide bonds. The summed E-state index contributed by atoms with van der Waals surface area (Å²) in [6, 6.07) is 0. The first-order valence-corrected chi connectivity index (χ1v) is 10.3. The molecule has 0 radical (unpaired) electrons. The van der Waals surface area contributed by atoms with Crippen LogP contribution < -0.4 is 0 Å². The second-order valence-electron chi connectivity index (χ2n) is 2.78. The van der Waals surface area contributed by atoms with Gasteiger partial charge in [0.15, 0.2) is 0 Å². The van der Waals surface area contributed by atoms with Gasteiger partial charge in [0.05, 0.1) is 0 Å². The van der Waals surface area contributed by atoms with E-state index in [2.05, 4.69) is 8.62 Å². The molecule has 5 N–H and O–H groups in total. The lowest BCUT2D eigenvalue weighted by Gasteiger charge is -2.15. The van der Waals surface area contributed by atoms with Crippen molar-refractivity contribution in [3.8, 4) is 0 Å². The molecule has 0 fully saturated rings. The zero-order valence-electron chi connectivity index (χ0n) is 8.38. The fourth-order valence-corrected chi connectivity index (χ4v) is 5.87. The fraction of sp³-hybridized carbons (Fsp3) is 0.500. The van der Waals surface area contributed by atoms with E-state index < -0.39 is 35.9 Å². The topological polar surface area (TPSA) is 205 Å². The maximum atomic E-state index is 11.0. The highest BCUT2D eigenvalue weighted by molar-refractivity contribution is 8.00. The molecule has 0 aromatic heterocycles. The summed E-state index contributed by atoms with van der Waals surface area (Å²) in [5, 5.41) is -2.64. The highest BCUT2D eigenvalue weighted by Gasteiger charge is 2.51. The monoisotopic (exact) mass is 348 g/mol. The van der Waals surface area contributed by atoms with Gasteiger partial charge in [-0.05, 0) is 0 Å². The number of rotatable bonds is 6. The Bertz CT molecular complexity index is 472. The molecule has 16 heteroatoms. The molecule has 12 nitrogen and oxygen atoms in total. The molecule has 0 aromatic carbocycles. The molecular formula is C2H8O12P4. The summed E-state index contributed by atoms with van der Waals surface area (Å²) in [4.78, 5) is 53.5. The van der Waals surface area contributed by atoms with Gasteiger partial charge < -0.3 is 24.5 Å². The number of hydrogen-bond donors (Lipinski definition) is 5. The molecule has 0 spiro atoms. The van der Waals surface area contributed by atoms with Gasteiger partial charge in [-0.25, -0.2) is 13.2 Å². The zero-order chi connectivity index (χ0) is 15.0. The van der Waals surface area contributed by atoms with E-state index in [0.29, 0.717) is 6.66 Å². The lowest BCUT2D eigenvalue weighted by Crippen LogP contribution is -2.03. The SMILES string of the molecule is CP(=O)(O)OP(=O)(O)C(=O)P(=O)(O)OP(=O)(O)O. The highest BCUT2D eigenvalue weighted by Crippen LogP contribution is 2.70. The van der Waals surface area contributed by atoms with E-state index in [0.717, 1.165) is 0 Å². The minimum atomic E-state index is -5.89. The summed E-state index contributed by atoms with van der Waals surface area (Å²) in [6.45, 7) is 0.398. The van der Waals surface area contributed by atoms with Crippen LogP contribution in [0, 0.1) is 0 Å². The molecular weight excluding hydrogens is 340 g/mol. The van der Waals surface area contributed by atoms with E-state index >= 15 is 0 Å². The largest absolute Gasteiger partial charge is 0.477 e. The molecule has 3 atom stereocenters. The van der Waals surface area contributed by atoms with Crippen molar-refractivity contribution in [2.24, 2.45) is 0 Å². The molecule has 0 aliphatic rings. The first-order valence-electron chi connectivity index (χ1n) is 3.56. The van der Waals surface area contributed by atoms with Gasteiger partial charge in [0.25, 0.3) is 0 Å². The highest BCUT2D eigenvalue weighted by atomic mass is 31.3. The van der Waals surface area contributed by atoms with Crippen LogP contribution >= 0.6 is 30.6 Å². The summed E-state index contributed by atoms with van der Waals surface area (Å²) in [7, 11) is -21.9. The Morgan fingerprint density at radius 2 is 1.17 bits per heavy atom. The summed E-state index contributed by atoms with van der Waals surface area (Å²) < 4.78 is 49.5. The van der Waals surface area contributed by atoms with Crippen LogP contribution in [0.25, 0.3) is 0 Å². The van der Waals surface area contributed by atoms with Gasteiger partial charge in [0.2, 0.25) is 0 Å². The maximum Gasteiger partial charge on any atom is 0.477 e. The van der Waals surface area contributed by atoms with Crippen molar-refractivity contribution in [2.45, 2.75) is 0 Å². The van der Waals surface area contributed by atoms with Crippen LogP contribution in [0.15, 0.2) is 0 Å². The van der Waals surface area contributed by atoms with Crippen LogP contribution in [-0.4, -0.2) is 36.4 Å². The van der Waals surface area contributed by atoms with Crippen LogP contribution in [0.4, 0.5) is 4.79 Å². The zero-order valence-corrected chi connectivity index (χ0v) is 12.0. The molecule has 18 heavy (non-hydrogen) atoms. The quantitative estimate of drug-likeness (QED) is 0.414. The fourth-order valence-electron chi connectivity index (χ4n) is 0.579. The van der Waals surface area contributed by atoms with Gasteiger partial charge in [-0.15, -0.1) is 0 Å². The van der Waals surface area contributed by atoms with E-state index in [-0.39, 0.29) is 0 Å². The smallest absolute Gasteiger partial charge is 0.324 e. The van der Waals surface area contributed by atoms with Gasteiger partial charge in [-0.2, -0.15) is 0 Å². The van der Waals surface area contributed by atoms with Crippen molar-refractivity contribution in [3.05, 3.63) is 0 Å². The minimum Gasteiger partial charge on any atom is -0.324 e. The average molecular weight is 348 g/mol. The Morgan fingerprint density at radius 3 is 1.44 bits per heavy atom. The molecule has 0 aliphatic carbocycles. The Hall–Kier alpha value is 0.310. The van der Waals surface area contributed by atoms with E-state index in [4.69, 9.17) is 24.5 Å². The Kier molecular flexibility index (Phi) is 5.45. The van der Waals surface area contributed by atoms with Gasteiger partial charge in [0, 0.05) is 6.66 Å². The molecule has 0 aliphatic heterocycles. The second kappa shape index (κ2) is 5.36. The van der Waals surface area contributed by atoms with Crippen molar-refractivity contribution in [1.29, 1.82) is 0 Å². The summed E-state index contributed by atoms with van der Waals surface area (Å²) in [5.74, 6) is 0. The normalized spacial score (nSPS) is 22.6. The third kappa shape index (κ3) is 6.47. The first kappa shape index (κ1) is 18.3. The van der Waals surface area contributed by atoms with Gasteiger partial charge in [-0.1, -0.05) is 0 Å². The standard InChI is InChI=1S/C2H8O12P4/c1-15(4,5)13-16(6,7)2(3)17(8,9)14-18(10,11)12/h1H3,(H,4,5)(H,6,7)(H,8,9)(H2,10,11,12). The summed E-state index contributed by atoms with van der Waals surface area (Å²) >= 11 is 0. The van der Waals surface area contributed by atoms with Crippen molar-refractivity contribution in [2.75, 3.05) is 6.66 Å². The van der Waals surface area contributed by atoms with Crippen LogP contribution in [0.1, 0.15) is 0 Å². The van der Waals surface area contributed by atoms with Crippen molar-refractivity contribution >= 4 is 35.9 Å². The Balaban J connectivity index is 5.29. The number of carbonyl (C=O) groups excluding carboxylic acids is 1. The van der Waals surface area contributed by atoms with Gasteiger partial charge in [-0.3, -0.25) is 18.5 Å². The van der Waals surface area contributed by atoms with Crippen molar-refractivity contribution in [1.82, 2.24) is 0 Å². The van der Waals surface area contributed by atoms with E-state index in [1.54, 1.807) is 0 Å². The van der Waals surface area contributed by atoms with Crippen LogP contribution in [-0.2, 0) is 26.9 Å². The molecule has 0 bridgehead atoms. The van der Waals surface area contributed by atoms with Crippen molar-refractivity contribution < 1.29 is 56.1 Å². The molecule has 0 rings (SSSR count). The predicted octanol–water partition coefficient (Wildman–Crippen LogP) is 0.418. The predicted molar refractivity (Wildman–Crippen MR) is 55.0 cm³/mol. The van der Waals surface area contributed by atoms with Crippen LogP contribution in [0.5, 0.6) is 0 Å². The van der Waals surface area contributed by atoms with E-state index in [9.17, 15) is 23.1 Å².